The number of aromatic nitrogens is 3. The molecule has 4 aromatic rings. The van der Waals surface area contributed by atoms with Gasteiger partial charge in [-0.2, -0.15) is 0 Å². The van der Waals surface area contributed by atoms with Gasteiger partial charge in [0.1, 0.15) is 0 Å². The van der Waals surface area contributed by atoms with Crippen LogP contribution in [0, 0.1) is 0 Å². The maximum Gasteiger partial charge on any atom is 0.328 e. The molecule has 0 saturated carbocycles. The molecular weight excluding hydrogens is 384 g/mol. The van der Waals surface area contributed by atoms with E-state index in [1.165, 1.54) is 16.1 Å². The summed E-state index contributed by atoms with van der Waals surface area (Å²) in [4.78, 5) is 29.1. The number of imidazole rings is 1. The van der Waals surface area contributed by atoms with Gasteiger partial charge in [0.05, 0.1) is 12.2 Å². The summed E-state index contributed by atoms with van der Waals surface area (Å²) in [6.07, 6.45) is 5.05. The van der Waals surface area contributed by atoms with Crippen LogP contribution in [0.3, 0.4) is 0 Å². The number of aromatic amines is 2. The number of rotatable bonds is 6. The predicted octanol–water partition coefficient (Wildman–Crippen LogP) is 2.52. The van der Waals surface area contributed by atoms with E-state index < -0.39 is 5.91 Å². The van der Waals surface area contributed by atoms with Gasteiger partial charge in [0, 0.05) is 29.6 Å². The Hall–Kier alpha value is -4.04. The van der Waals surface area contributed by atoms with Gasteiger partial charge >= 0.3 is 5.69 Å². The molecule has 4 rings (SSSR count). The van der Waals surface area contributed by atoms with Crippen molar-refractivity contribution in [2.24, 2.45) is 0 Å². The molecule has 1 amide bonds. The maximum absolute atomic E-state index is 12.4. The van der Waals surface area contributed by atoms with E-state index in [-0.39, 0.29) is 18.1 Å². The first kappa shape index (κ1) is 19.3. The Kier molecular flexibility index (Phi) is 5.23. The van der Waals surface area contributed by atoms with E-state index in [9.17, 15) is 14.7 Å². The van der Waals surface area contributed by atoms with E-state index in [1.807, 2.05) is 42.6 Å². The van der Waals surface area contributed by atoms with Crippen molar-refractivity contribution in [3.05, 3.63) is 93.7 Å². The summed E-state index contributed by atoms with van der Waals surface area (Å²) in [6.45, 7) is 0.286. The second-order valence-corrected chi connectivity index (χ2v) is 6.90. The number of amides is 1. The molecule has 0 bridgehead atoms. The van der Waals surface area contributed by atoms with Crippen LogP contribution in [0.5, 0.6) is 5.88 Å². The highest BCUT2D eigenvalue weighted by molar-refractivity contribution is 5.90. The van der Waals surface area contributed by atoms with Gasteiger partial charge in [-0.15, -0.1) is 0 Å². The summed E-state index contributed by atoms with van der Waals surface area (Å²) in [6, 6.07) is 15.1. The summed E-state index contributed by atoms with van der Waals surface area (Å²) in [5.41, 5.74) is 5.26. The molecule has 0 unspecified atom stereocenters. The van der Waals surface area contributed by atoms with Crippen LogP contribution < -0.4 is 11.2 Å². The van der Waals surface area contributed by atoms with Gasteiger partial charge in [0.2, 0.25) is 5.88 Å². The summed E-state index contributed by atoms with van der Waals surface area (Å²) in [7, 11) is 0. The number of nitrogens with zero attached hydrogens (tertiary/aromatic N) is 1. The highest BCUT2D eigenvalue weighted by Crippen LogP contribution is 2.24. The Labute approximate surface area is 171 Å². The molecule has 0 radical (unpaired) electrons. The third-order valence-electron chi connectivity index (χ3n) is 4.96. The Balaban J connectivity index is 1.59. The normalized spacial score (nSPS) is 11.4. The largest absolute Gasteiger partial charge is 0.493 e. The average molecular weight is 404 g/mol. The minimum Gasteiger partial charge on any atom is -0.493 e. The fourth-order valence-corrected chi connectivity index (χ4v) is 3.42. The Bertz CT molecular complexity index is 1280. The molecule has 0 atom stereocenters. The van der Waals surface area contributed by atoms with Crippen molar-refractivity contribution in [3.8, 4) is 5.88 Å². The molecule has 0 aliphatic carbocycles. The number of fused-ring (bicyclic) bond motifs is 1. The number of aromatic hydroxyl groups is 1. The molecule has 0 spiro atoms. The van der Waals surface area contributed by atoms with Crippen molar-refractivity contribution in [2.45, 2.75) is 13.0 Å². The number of nitrogens with one attached hydrogen (secondary N) is 3. The molecule has 0 aliphatic heterocycles. The van der Waals surface area contributed by atoms with Gasteiger partial charge in [-0.1, -0.05) is 42.5 Å². The van der Waals surface area contributed by atoms with Crippen LogP contribution in [-0.2, 0) is 17.8 Å². The van der Waals surface area contributed by atoms with Crippen LogP contribution in [0.15, 0.2) is 65.6 Å². The Morgan fingerprint density at radius 3 is 2.67 bits per heavy atom. The number of benzene rings is 2. The van der Waals surface area contributed by atoms with Crippen molar-refractivity contribution in [1.82, 2.24) is 20.0 Å². The van der Waals surface area contributed by atoms with E-state index in [2.05, 4.69) is 9.97 Å². The molecule has 0 fully saturated rings. The van der Waals surface area contributed by atoms with Gasteiger partial charge < -0.3 is 10.1 Å². The second kappa shape index (κ2) is 8.14. The Morgan fingerprint density at radius 1 is 1.13 bits per heavy atom. The number of hydrogen-bond acceptors (Lipinski definition) is 4. The minimum atomic E-state index is -0.615. The van der Waals surface area contributed by atoms with E-state index >= 15 is 0 Å². The number of carbonyl (C=O) groups is 1. The number of para-hydroxylation sites is 1. The van der Waals surface area contributed by atoms with Gasteiger partial charge in [-0.3, -0.25) is 19.6 Å². The molecule has 152 valence electrons. The lowest BCUT2D eigenvalue weighted by Crippen LogP contribution is -2.19. The number of hydroxylamine groups is 1. The average Bonchev–Trinajstić information content (AvgIpc) is 3.28. The summed E-state index contributed by atoms with van der Waals surface area (Å²) >= 11 is 0. The monoisotopic (exact) mass is 404 g/mol. The van der Waals surface area contributed by atoms with Crippen LogP contribution in [0.25, 0.3) is 17.0 Å². The zero-order valence-corrected chi connectivity index (χ0v) is 15.9. The quantitative estimate of drug-likeness (QED) is 0.192. The molecule has 0 saturated heterocycles. The summed E-state index contributed by atoms with van der Waals surface area (Å²) in [5, 5.41) is 19.9. The van der Waals surface area contributed by atoms with Crippen molar-refractivity contribution in [3.63, 3.8) is 0 Å². The number of hydrogen-bond donors (Lipinski definition) is 5. The molecule has 8 nitrogen and oxygen atoms in total. The SMILES string of the molecule is O=C(C=Cc1ccc(Cn2c(Cc3c[nH]c4ccccc34)c(O)[nH]c2=O)cc1)NO. The standard InChI is InChI=1S/C22H20N4O4/c27-20(25-30)10-9-14-5-7-15(8-6-14)13-26-19(21(28)24-22(26)29)11-16-12-23-18-4-2-1-3-17(16)18/h1-10,12,23,28,30H,11,13H2,(H,24,29)(H,25,27). The van der Waals surface area contributed by atoms with Crippen LogP contribution >= 0.6 is 0 Å². The lowest BCUT2D eigenvalue weighted by atomic mass is 10.1. The Morgan fingerprint density at radius 2 is 1.90 bits per heavy atom. The third-order valence-corrected chi connectivity index (χ3v) is 4.96. The van der Waals surface area contributed by atoms with Crippen LogP contribution in [0.4, 0.5) is 0 Å². The first-order chi connectivity index (χ1) is 14.5. The molecule has 0 aliphatic rings. The van der Waals surface area contributed by atoms with E-state index in [4.69, 9.17) is 5.21 Å². The highest BCUT2D eigenvalue weighted by atomic mass is 16.5. The van der Waals surface area contributed by atoms with E-state index in [1.54, 1.807) is 18.2 Å². The zero-order chi connectivity index (χ0) is 21.1. The van der Waals surface area contributed by atoms with E-state index in [0.29, 0.717) is 12.1 Å². The van der Waals surface area contributed by atoms with Crippen molar-refractivity contribution in [2.75, 3.05) is 0 Å². The van der Waals surface area contributed by atoms with Crippen LogP contribution in [-0.4, -0.2) is 30.8 Å². The minimum absolute atomic E-state index is 0.139. The lowest BCUT2D eigenvalue weighted by molar-refractivity contribution is -0.124. The fourth-order valence-electron chi connectivity index (χ4n) is 3.42. The molecule has 8 heteroatoms. The van der Waals surface area contributed by atoms with Crippen molar-refractivity contribution < 1.29 is 15.1 Å². The van der Waals surface area contributed by atoms with Crippen molar-refractivity contribution >= 4 is 22.9 Å². The highest BCUT2D eigenvalue weighted by Gasteiger charge is 2.16. The molecule has 2 aromatic carbocycles. The first-order valence-corrected chi connectivity index (χ1v) is 9.32. The van der Waals surface area contributed by atoms with Gasteiger partial charge in [-0.25, -0.2) is 10.3 Å². The fraction of sp³-hybridized carbons (Fsp3) is 0.0909. The molecular formula is C22H20N4O4. The second-order valence-electron chi connectivity index (χ2n) is 6.90. The molecule has 2 heterocycles. The first-order valence-electron chi connectivity index (χ1n) is 9.32. The molecule has 5 N–H and O–H groups in total. The van der Waals surface area contributed by atoms with Gasteiger partial charge in [-0.05, 0) is 28.8 Å². The van der Waals surface area contributed by atoms with Crippen molar-refractivity contribution in [1.29, 1.82) is 0 Å². The third kappa shape index (κ3) is 3.89. The van der Waals surface area contributed by atoms with Crippen LogP contribution in [0.2, 0.25) is 0 Å². The zero-order valence-electron chi connectivity index (χ0n) is 15.9. The summed E-state index contributed by atoms with van der Waals surface area (Å²) in [5.74, 6) is -0.754. The summed E-state index contributed by atoms with van der Waals surface area (Å²) < 4.78 is 1.52. The maximum atomic E-state index is 12.4. The van der Waals surface area contributed by atoms with E-state index in [0.717, 1.165) is 27.6 Å². The lowest BCUT2D eigenvalue weighted by Gasteiger charge is -2.08. The van der Waals surface area contributed by atoms with Crippen LogP contribution in [0.1, 0.15) is 22.4 Å². The molecule has 30 heavy (non-hydrogen) atoms. The van der Waals surface area contributed by atoms with Gasteiger partial charge in [0.25, 0.3) is 5.91 Å². The molecule has 2 aromatic heterocycles. The topological polar surface area (TPSA) is 123 Å². The number of H-pyrrole nitrogens is 2. The smallest absolute Gasteiger partial charge is 0.328 e. The van der Waals surface area contributed by atoms with Gasteiger partial charge in [0.15, 0.2) is 0 Å². The number of carbonyl (C=O) groups excluding carboxylic acids is 1. The predicted molar refractivity (Wildman–Crippen MR) is 112 cm³/mol.